The van der Waals surface area contributed by atoms with E-state index in [1.54, 1.807) is 7.11 Å². The molecule has 7 heteroatoms. The molecule has 0 aromatic heterocycles. The minimum Gasteiger partial charge on any atom is -0.493 e. The average molecular weight is 435 g/mol. The molecule has 0 saturated carbocycles. The zero-order chi connectivity index (χ0) is 22.1. The molecular weight excluding hydrogens is 392 g/mol. The van der Waals surface area contributed by atoms with Crippen LogP contribution >= 0.6 is 0 Å². The van der Waals surface area contributed by atoms with Gasteiger partial charge in [0, 0.05) is 45.3 Å². The molecule has 0 amide bonds. The standard InChI is InChI=1S/C24H42N4O3/c1-4-9-27-10-7-21(8-11-27)25-17-20-5-6-23(30-3)24(16-20)31-19-22(29)18-28-14-12-26(2)13-15-28/h5-6,16,21-22,25,29H,4,7-15,17-19H2,1-3H3. The van der Waals surface area contributed by atoms with Crippen LogP contribution < -0.4 is 14.8 Å². The van der Waals surface area contributed by atoms with Crippen LogP contribution in [-0.4, -0.2) is 105 Å². The maximum Gasteiger partial charge on any atom is 0.161 e. The third-order valence-electron chi connectivity index (χ3n) is 6.45. The van der Waals surface area contributed by atoms with Gasteiger partial charge in [-0.1, -0.05) is 13.0 Å². The molecule has 2 saturated heterocycles. The molecule has 2 fully saturated rings. The number of aliphatic hydroxyl groups is 1. The van der Waals surface area contributed by atoms with Crippen LogP contribution in [0.4, 0.5) is 0 Å². The van der Waals surface area contributed by atoms with E-state index < -0.39 is 6.10 Å². The first-order valence-corrected chi connectivity index (χ1v) is 11.9. The molecule has 7 nitrogen and oxygen atoms in total. The van der Waals surface area contributed by atoms with Gasteiger partial charge >= 0.3 is 0 Å². The number of likely N-dealkylation sites (N-methyl/N-ethyl adjacent to an activating group) is 1. The molecule has 2 aliphatic rings. The number of likely N-dealkylation sites (tertiary alicyclic amines) is 1. The van der Waals surface area contributed by atoms with Crippen LogP contribution in [0.15, 0.2) is 18.2 Å². The van der Waals surface area contributed by atoms with Gasteiger partial charge < -0.3 is 29.7 Å². The monoisotopic (exact) mass is 434 g/mol. The molecule has 0 bridgehead atoms. The normalized spacial score (nSPS) is 20.6. The Labute approximate surface area is 188 Å². The van der Waals surface area contributed by atoms with E-state index in [4.69, 9.17) is 9.47 Å². The van der Waals surface area contributed by atoms with E-state index in [1.165, 1.54) is 44.5 Å². The number of methoxy groups -OCH3 is 1. The minimum atomic E-state index is -0.511. The highest BCUT2D eigenvalue weighted by atomic mass is 16.5. The van der Waals surface area contributed by atoms with Gasteiger partial charge in [-0.25, -0.2) is 0 Å². The number of rotatable bonds is 11. The van der Waals surface area contributed by atoms with Gasteiger partial charge in [0.05, 0.1) is 7.11 Å². The summed E-state index contributed by atoms with van der Waals surface area (Å²) in [7, 11) is 3.80. The van der Waals surface area contributed by atoms with Crippen molar-refractivity contribution in [2.45, 2.75) is 44.9 Å². The van der Waals surface area contributed by atoms with E-state index in [0.29, 0.717) is 24.1 Å². The second-order valence-corrected chi connectivity index (χ2v) is 9.05. The Morgan fingerprint density at radius 3 is 2.48 bits per heavy atom. The maximum absolute atomic E-state index is 10.5. The zero-order valence-electron chi connectivity index (χ0n) is 19.7. The number of ether oxygens (including phenoxy) is 2. The van der Waals surface area contributed by atoms with Crippen molar-refractivity contribution in [2.24, 2.45) is 0 Å². The van der Waals surface area contributed by atoms with Crippen LogP contribution in [0, 0.1) is 0 Å². The average Bonchev–Trinajstić information content (AvgIpc) is 2.79. The van der Waals surface area contributed by atoms with Gasteiger partial charge in [-0.3, -0.25) is 4.90 Å². The van der Waals surface area contributed by atoms with Gasteiger partial charge in [-0.2, -0.15) is 0 Å². The number of nitrogens with zero attached hydrogens (tertiary/aromatic N) is 3. The first-order chi connectivity index (χ1) is 15.1. The van der Waals surface area contributed by atoms with Crippen LogP contribution in [-0.2, 0) is 6.54 Å². The predicted molar refractivity (Wildman–Crippen MR) is 125 cm³/mol. The Balaban J connectivity index is 1.45. The van der Waals surface area contributed by atoms with Crippen molar-refractivity contribution in [3.8, 4) is 11.5 Å². The van der Waals surface area contributed by atoms with E-state index in [2.05, 4.69) is 40.1 Å². The molecular formula is C24H42N4O3. The third kappa shape index (κ3) is 7.91. The van der Waals surface area contributed by atoms with Crippen molar-refractivity contribution in [1.29, 1.82) is 0 Å². The molecule has 1 aromatic carbocycles. The molecule has 3 rings (SSSR count). The lowest BCUT2D eigenvalue weighted by molar-refractivity contribution is 0.0497. The fourth-order valence-electron chi connectivity index (χ4n) is 4.45. The van der Waals surface area contributed by atoms with Gasteiger partial charge in [-0.15, -0.1) is 0 Å². The summed E-state index contributed by atoms with van der Waals surface area (Å²) in [5.41, 5.74) is 1.18. The van der Waals surface area contributed by atoms with Crippen LogP contribution in [0.3, 0.4) is 0 Å². The number of hydrogen-bond acceptors (Lipinski definition) is 7. The lowest BCUT2D eigenvalue weighted by atomic mass is 10.0. The van der Waals surface area contributed by atoms with Gasteiger partial charge in [0.25, 0.3) is 0 Å². The summed E-state index contributed by atoms with van der Waals surface area (Å²) in [6.07, 6.45) is 3.13. The summed E-state index contributed by atoms with van der Waals surface area (Å²) in [5, 5.41) is 14.2. The summed E-state index contributed by atoms with van der Waals surface area (Å²) in [6, 6.07) is 6.67. The molecule has 0 spiro atoms. The van der Waals surface area contributed by atoms with Crippen molar-refractivity contribution >= 4 is 0 Å². The quantitative estimate of drug-likeness (QED) is 0.549. The van der Waals surface area contributed by atoms with Crippen molar-refractivity contribution < 1.29 is 14.6 Å². The summed E-state index contributed by atoms with van der Waals surface area (Å²) in [4.78, 5) is 7.18. The number of benzene rings is 1. The van der Waals surface area contributed by atoms with Crippen molar-refractivity contribution in [3.05, 3.63) is 23.8 Å². The molecule has 0 aliphatic carbocycles. The second-order valence-electron chi connectivity index (χ2n) is 9.05. The topological polar surface area (TPSA) is 60.4 Å². The van der Waals surface area contributed by atoms with Crippen LogP contribution in [0.2, 0.25) is 0 Å². The number of β-amino-alcohol motifs (C(OH)–C–C–N with tert-alkyl or cyclic N) is 1. The Hall–Kier alpha value is -1.38. The van der Waals surface area contributed by atoms with Crippen molar-refractivity contribution in [3.63, 3.8) is 0 Å². The smallest absolute Gasteiger partial charge is 0.161 e. The fraction of sp³-hybridized carbons (Fsp3) is 0.750. The molecule has 2 aliphatic heterocycles. The summed E-state index contributed by atoms with van der Waals surface area (Å²) in [5.74, 6) is 1.42. The van der Waals surface area contributed by atoms with Gasteiger partial charge in [0.2, 0.25) is 0 Å². The second kappa shape index (κ2) is 12.6. The SMILES string of the molecule is CCCN1CCC(NCc2ccc(OC)c(OCC(O)CN3CCN(C)CC3)c2)CC1. The Morgan fingerprint density at radius 1 is 1.06 bits per heavy atom. The number of aliphatic hydroxyl groups excluding tert-OH is 1. The number of hydrogen-bond donors (Lipinski definition) is 2. The van der Waals surface area contributed by atoms with Crippen LogP contribution in [0.5, 0.6) is 11.5 Å². The van der Waals surface area contributed by atoms with Gasteiger partial charge in [-0.05, 0) is 63.6 Å². The van der Waals surface area contributed by atoms with E-state index in [-0.39, 0.29) is 6.61 Å². The molecule has 31 heavy (non-hydrogen) atoms. The highest BCUT2D eigenvalue weighted by molar-refractivity contribution is 5.43. The zero-order valence-corrected chi connectivity index (χ0v) is 19.7. The fourth-order valence-corrected chi connectivity index (χ4v) is 4.45. The lowest BCUT2D eigenvalue weighted by Crippen LogP contribution is -2.47. The van der Waals surface area contributed by atoms with Gasteiger partial charge in [0.1, 0.15) is 12.7 Å². The van der Waals surface area contributed by atoms with E-state index in [9.17, 15) is 5.11 Å². The summed E-state index contributed by atoms with van der Waals surface area (Å²) < 4.78 is 11.5. The van der Waals surface area contributed by atoms with E-state index in [1.807, 2.05) is 12.1 Å². The molecule has 1 aromatic rings. The minimum absolute atomic E-state index is 0.273. The molecule has 0 radical (unpaired) electrons. The first-order valence-electron chi connectivity index (χ1n) is 11.9. The van der Waals surface area contributed by atoms with Crippen LogP contribution in [0.25, 0.3) is 0 Å². The van der Waals surface area contributed by atoms with Crippen molar-refractivity contribution in [2.75, 3.05) is 73.1 Å². The number of nitrogens with one attached hydrogen (secondary N) is 1. The molecule has 2 N–H and O–H groups in total. The molecule has 1 unspecified atom stereocenters. The largest absolute Gasteiger partial charge is 0.493 e. The highest BCUT2D eigenvalue weighted by Gasteiger charge is 2.19. The highest BCUT2D eigenvalue weighted by Crippen LogP contribution is 2.28. The Kier molecular flexibility index (Phi) is 9.87. The Bertz CT molecular complexity index is 644. The maximum atomic E-state index is 10.5. The predicted octanol–water partition coefficient (Wildman–Crippen LogP) is 1.65. The number of piperazine rings is 1. The molecule has 176 valence electrons. The van der Waals surface area contributed by atoms with E-state index >= 15 is 0 Å². The first kappa shape index (κ1) is 24.3. The Morgan fingerprint density at radius 2 is 1.81 bits per heavy atom. The lowest BCUT2D eigenvalue weighted by Gasteiger charge is -2.33. The molecule has 1 atom stereocenters. The summed E-state index contributed by atoms with van der Waals surface area (Å²) in [6.45, 7) is 11.7. The summed E-state index contributed by atoms with van der Waals surface area (Å²) >= 11 is 0. The molecule has 2 heterocycles. The third-order valence-corrected chi connectivity index (χ3v) is 6.45. The number of piperidine rings is 1. The van der Waals surface area contributed by atoms with E-state index in [0.717, 1.165) is 32.7 Å². The van der Waals surface area contributed by atoms with Crippen LogP contribution in [0.1, 0.15) is 31.7 Å². The van der Waals surface area contributed by atoms with Crippen molar-refractivity contribution in [1.82, 2.24) is 20.0 Å². The van der Waals surface area contributed by atoms with Gasteiger partial charge in [0.15, 0.2) is 11.5 Å².